The number of carbonyl (C=O) groups excluding carboxylic acids is 2. The van der Waals surface area contributed by atoms with Crippen molar-refractivity contribution in [2.24, 2.45) is 0 Å². The highest BCUT2D eigenvalue weighted by Gasteiger charge is 2.32. The second-order valence-electron chi connectivity index (χ2n) is 4.97. The number of imide groups is 1. The Labute approximate surface area is 115 Å². The van der Waals surface area contributed by atoms with Crippen molar-refractivity contribution in [3.05, 3.63) is 23.9 Å². The van der Waals surface area contributed by atoms with Crippen LogP contribution in [-0.4, -0.2) is 44.4 Å². The van der Waals surface area contributed by atoms with Gasteiger partial charge in [0, 0.05) is 19.7 Å². The number of rotatable bonds is 2. The number of likely N-dealkylation sites (tertiary alicyclic amines) is 1. The van der Waals surface area contributed by atoms with E-state index in [1.807, 2.05) is 25.3 Å². The molecule has 1 saturated heterocycles. The lowest BCUT2D eigenvalue weighted by Crippen LogP contribution is -2.48. The lowest BCUT2D eigenvalue weighted by molar-refractivity contribution is -0.146. The van der Waals surface area contributed by atoms with Gasteiger partial charge in [0.05, 0.1) is 0 Å². The molecule has 104 valence electrons. The predicted octanol–water partition coefficient (Wildman–Crippen LogP) is 0.597. The van der Waals surface area contributed by atoms with E-state index in [0.29, 0.717) is 24.4 Å². The molecule has 0 aromatic carbocycles. The summed E-state index contributed by atoms with van der Waals surface area (Å²) in [6.07, 6.45) is 2.69. The number of fused-ring (bicyclic) bond motifs is 1. The smallest absolute Gasteiger partial charge is 0.251 e. The van der Waals surface area contributed by atoms with Gasteiger partial charge in [-0.3, -0.25) is 14.5 Å². The lowest BCUT2D eigenvalue weighted by Gasteiger charge is -2.27. The van der Waals surface area contributed by atoms with Gasteiger partial charge < -0.3 is 5.32 Å². The van der Waals surface area contributed by atoms with E-state index in [-0.39, 0.29) is 11.8 Å². The summed E-state index contributed by atoms with van der Waals surface area (Å²) in [6, 6.07) is 3.37. The maximum atomic E-state index is 12.0. The summed E-state index contributed by atoms with van der Waals surface area (Å²) < 4.78 is 1.67. The highest BCUT2D eigenvalue weighted by atomic mass is 16.2. The standard InChI is InChI=1S/C13H15N5O2/c1-8-3-5-10-15-13(16-18(10)7-8)14-9-4-6-11(19)17(2)12(9)20/h3,5,7,9H,4,6H2,1-2H3,(H,14,16). The Morgan fingerprint density at radius 2 is 2.15 bits per heavy atom. The number of hydrogen-bond donors (Lipinski definition) is 1. The number of piperidine rings is 1. The van der Waals surface area contributed by atoms with Crippen molar-refractivity contribution in [2.45, 2.75) is 25.8 Å². The molecule has 0 radical (unpaired) electrons. The van der Waals surface area contributed by atoms with Crippen LogP contribution < -0.4 is 5.32 Å². The van der Waals surface area contributed by atoms with E-state index in [2.05, 4.69) is 15.4 Å². The van der Waals surface area contributed by atoms with Gasteiger partial charge in [-0.05, 0) is 25.0 Å². The average Bonchev–Trinajstić information content (AvgIpc) is 2.81. The molecule has 3 rings (SSSR count). The summed E-state index contributed by atoms with van der Waals surface area (Å²) in [4.78, 5) is 28.9. The maximum absolute atomic E-state index is 12.0. The minimum Gasteiger partial charge on any atom is -0.341 e. The molecule has 2 amide bonds. The average molecular weight is 273 g/mol. The van der Waals surface area contributed by atoms with Crippen molar-refractivity contribution in [1.29, 1.82) is 0 Å². The zero-order valence-corrected chi connectivity index (χ0v) is 11.3. The van der Waals surface area contributed by atoms with E-state index in [1.54, 1.807) is 4.52 Å². The highest BCUT2D eigenvalue weighted by Crippen LogP contribution is 2.16. The number of anilines is 1. The zero-order valence-electron chi connectivity index (χ0n) is 11.3. The molecular weight excluding hydrogens is 258 g/mol. The number of nitrogens with zero attached hydrogens (tertiary/aromatic N) is 4. The minimum absolute atomic E-state index is 0.147. The second-order valence-corrected chi connectivity index (χ2v) is 4.97. The fraction of sp³-hybridized carbons (Fsp3) is 0.385. The summed E-state index contributed by atoms with van der Waals surface area (Å²) in [5.41, 5.74) is 1.79. The van der Waals surface area contributed by atoms with Gasteiger partial charge in [0.1, 0.15) is 6.04 Å². The molecular formula is C13H15N5O2. The summed E-state index contributed by atoms with van der Waals surface area (Å²) in [5.74, 6) is 0.0135. The quantitative estimate of drug-likeness (QED) is 0.810. The van der Waals surface area contributed by atoms with E-state index in [9.17, 15) is 9.59 Å². The summed E-state index contributed by atoms with van der Waals surface area (Å²) in [7, 11) is 1.50. The third kappa shape index (κ3) is 2.11. The number of aryl methyl sites for hydroxylation is 1. The topological polar surface area (TPSA) is 79.6 Å². The Kier molecular flexibility index (Phi) is 2.89. The SMILES string of the molecule is Cc1ccc2nc(NC3CCC(=O)N(C)C3=O)nn2c1. The Morgan fingerprint density at radius 3 is 2.95 bits per heavy atom. The van der Waals surface area contributed by atoms with Crippen LogP contribution in [0.5, 0.6) is 0 Å². The Hall–Kier alpha value is -2.44. The number of nitrogens with one attached hydrogen (secondary N) is 1. The third-order valence-corrected chi connectivity index (χ3v) is 3.43. The van der Waals surface area contributed by atoms with Crippen LogP contribution >= 0.6 is 0 Å². The molecule has 1 aliphatic rings. The predicted molar refractivity (Wildman–Crippen MR) is 72.1 cm³/mol. The summed E-state index contributed by atoms with van der Waals surface area (Å²) in [5, 5.41) is 7.29. The molecule has 20 heavy (non-hydrogen) atoms. The number of hydrogen-bond acceptors (Lipinski definition) is 5. The first-order valence-electron chi connectivity index (χ1n) is 6.44. The third-order valence-electron chi connectivity index (χ3n) is 3.43. The lowest BCUT2D eigenvalue weighted by atomic mass is 10.1. The van der Waals surface area contributed by atoms with Gasteiger partial charge in [-0.1, -0.05) is 6.07 Å². The first-order chi connectivity index (χ1) is 9.54. The fourth-order valence-corrected chi connectivity index (χ4v) is 2.25. The van der Waals surface area contributed by atoms with Crippen LogP contribution in [0.25, 0.3) is 5.65 Å². The number of likely N-dealkylation sites (N-methyl/N-ethyl adjacent to an activating group) is 1. The van der Waals surface area contributed by atoms with Crippen molar-refractivity contribution in [2.75, 3.05) is 12.4 Å². The molecule has 1 atom stereocenters. The van der Waals surface area contributed by atoms with Gasteiger partial charge in [0.2, 0.25) is 11.9 Å². The molecule has 0 saturated carbocycles. The van der Waals surface area contributed by atoms with Crippen LogP contribution in [0, 0.1) is 6.92 Å². The number of pyridine rings is 1. The molecule has 1 N–H and O–H groups in total. The summed E-state index contributed by atoms with van der Waals surface area (Å²) in [6.45, 7) is 1.97. The molecule has 1 unspecified atom stereocenters. The van der Waals surface area contributed by atoms with Gasteiger partial charge in [-0.25, -0.2) is 4.52 Å². The van der Waals surface area contributed by atoms with E-state index < -0.39 is 6.04 Å². The van der Waals surface area contributed by atoms with E-state index in [1.165, 1.54) is 7.05 Å². The molecule has 2 aromatic heterocycles. The van der Waals surface area contributed by atoms with Crippen molar-refractivity contribution < 1.29 is 9.59 Å². The van der Waals surface area contributed by atoms with Crippen LogP contribution in [0.1, 0.15) is 18.4 Å². The Balaban J connectivity index is 1.82. The molecule has 1 fully saturated rings. The van der Waals surface area contributed by atoms with Crippen LogP contribution in [0.3, 0.4) is 0 Å². The zero-order chi connectivity index (χ0) is 14.3. The molecule has 0 spiro atoms. The number of amides is 2. The first-order valence-corrected chi connectivity index (χ1v) is 6.44. The molecule has 7 heteroatoms. The van der Waals surface area contributed by atoms with Crippen LogP contribution in [0.4, 0.5) is 5.95 Å². The molecule has 2 aromatic rings. The molecule has 0 bridgehead atoms. The van der Waals surface area contributed by atoms with Crippen LogP contribution in [-0.2, 0) is 9.59 Å². The Bertz CT molecular complexity index is 693. The van der Waals surface area contributed by atoms with Crippen molar-refractivity contribution in [1.82, 2.24) is 19.5 Å². The largest absolute Gasteiger partial charge is 0.341 e. The van der Waals surface area contributed by atoms with E-state index >= 15 is 0 Å². The number of aromatic nitrogens is 3. The fourth-order valence-electron chi connectivity index (χ4n) is 2.25. The van der Waals surface area contributed by atoms with Crippen LogP contribution in [0.2, 0.25) is 0 Å². The minimum atomic E-state index is -0.448. The molecule has 7 nitrogen and oxygen atoms in total. The second kappa shape index (κ2) is 4.59. The Morgan fingerprint density at radius 1 is 1.35 bits per heavy atom. The maximum Gasteiger partial charge on any atom is 0.251 e. The number of carbonyl (C=O) groups is 2. The van der Waals surface area contributed by atoms with E-state index in [0.717, 1.165) is 10.5 Å². The van der Waals surface area contributed by atoms with Gasteiger partial charge >= 0.3 is 0 Å². The normalized spacial score (nSPS) is 19.7. The first kappa shape index (κ1) is 12.6. The summed E-state index contributed by atoms with van der Waals surface area (Å²) >= 11 is 0. The van der Waals surface area contributed by atoms with E-state index in [4.69, 9.17) is 0 Å². The van der Waals surface area contributed by atoms with Crippen molar-refractivity contribution in [3.8, 4) is 0 Å². The van der Waals surface area contributed by atoms with Crippen LogP contribution in [0.15, 0.2) is 18.3 Å². The monoisotopic (exact) mass is 273 g/mol. The highest BCUT2D eigenvalue weighted by molar-refractivity contribution is 6.01. The molecule has 0 aliphatic carbocycles. The van der Waals surface area contributed by atoms with Gasteiger partial charge in [0.15, 0.2) is 5.65 Å². The van der Waals surface area contributed by atoms with Gasteiger partial charge in [-0.2, -0.15) is 4.98 Å². The van der Waals surface area contributed by atoms with Crippen molar-refractivity contribution >= 4 is 23.4 Å². The molecule has 1 aliphatic heterocycles. The van der Waals surface area contributed by atoms with Gasteiger partial charge in [-0.15, -0.1) is 5.10 Å². The van der Waals surface area contributed by atoms with Crippen molar-refractivity contribution in [3.63, 3.8) is 0 Å². The molecule has 3 heterocycles. The van der Waals surface area contributed by atoms with Gasteiger partial charge in [0.25, 0.3) is 5.91 Å².